The van der Waals surface area contributed by atoms with Crippen molar-refractivity contribution in [2.45, 2.75) is 4.82 Å². The van der Waals surface area contributed by atoms with Gasteiger partial charge in [0.2, 0.25) is 0 Å². The molecule has 0 amide bonds. The molecule has 0 bridgehead atoms. The predicted octanol–water partition coefficient (Wildman–Crippen LogP) is 2.96. The Morgan fingerprint density at radius 2 is 1.62 bits per heavy atom. The zero-order valence-electron chi connectivity index (χ0n) is 6.93. The molecule has 0 aliphatic heterocycles. The van der Waals surface area contributed by atoms with Gasteiger partial charge in [0.25, 0.3) is 0 Å². The fourth-order valence-corrected chi connectivity index (χ4v) is 2.50. The Morgan fingerprint density at radius 3 is 2.23 bits per heavy atom. The van der Waals surface area contributed by atoms with E-state index in [0.29, 0.717) is 4.82 Å². The molecule has 0 saturated carbocycles. The van der Waals surface area contributed by atoms with Gasteiger partial charge in [0.05, 0.1) is 0 Å². The second-order valence-electron chi connectivity index (χ2n) is 2.72. The molecule has 1 aromatic rings. The number of benzene rings is 1. The van der Waals surface area contributed by atoms with Gasteiger partial charge in [-0.05, 0) is 0 Å². The first-order valence-corrected chi connectivity index (χ1v) is 5.63. The molecular formula is C11H9ClFe. The van der Waals surface area contributed by atoms with Crippen LogP contribution >= 0.6 is 11.6 Å². The second kappa shape index (κ2) is 4.15. The van der Waals surface area contributed by atoms with Crippen molar-refractivity contribution in [1.29, 1.82) is 0 Å². The zero-order valence-corrected chi connectivity index (χ0v) is 8.79. The van der Waals surface area contributed by atoms with Crippen LogP contribution in [0.1, 0.15) is 0 Å². The molecule has 13 heavy (non-hydrogen) atoms. The summed E-state index contributed by atoms with van der Waals surface area (Å²) in [5.74, 6) is 0. The number of hydrogen-bond acceptors (Lipinski definition) is 0. The number of allylic oxidation sites excluding steroid dienone is 4. The van der Waals surface area contributed by atoms with Crippen LogP contribution in [0.25, 0.3) is 0 Å². The molecule has 0 radical (unpaired) electrons. The quantitative estimate of drug-likeness (QED) is 0.688. The van der Waals surface area contributed by atoms with E-state index in [2.05, 4.69) is 36.4 Å². The summed E-state index contributed by atoms with van der Waals surface area (Å²) in [6.45, 7) is 0. The maximum atomic E-state index is 5.80. The molecule has 2 heteroatoms. The molecule has 0 nitrogen and oxygen atoms in total. The van der Waals surface area contributed by atoms with E-state index in [1.54, 1.807) is 0 Å². The summed E-state index contributed by atoms with van der Waals surface area (Å²) in [5, 5.41) is 0.807. The minimum absolute atomic E-state index is 0.571. The zero-order chi connectivity index (χ0) is 9.10. The third-order valence-corrected chi connectivity index (χ3v) is 3.50. The first-order valence-electron chi connectivity index (χ1n) is 4.06. The summed E-state index contributed by atoms with van der Waals surface area (Å²) in [7, 11) is 0. The van der Waals surface area contributed by atoms with Crippen LogP contribution in [0.4, 0.5) is 0 Å². The third-order valence-electron chi connectivity index (χ3n) is 1.72. The molecule has 2 rings (SSSR count). The van der Waals surface area contributed by atoms with Gasteiger partial charge in [0.1, 0.15) is 0 Å². The molecule has 0 atom stereocenters. The van der Waals surface area contributed by atoms with Gasteiger partial charge in [-0.2, -0.15) is 0 Å². The molecule has 0 heterocycles. The molecule has 0 N–H and O–H groups in total. The van der Waals surface area contributed by atoms with Crippen LogP contribution in [0.3, 0.4) is 0 Å². The molecule has 1 aliphatic rings. The Labute approximate surface area is 89.5 Å². The SMILES string of the molecule is Clc1cc[c]([Fe][CH]2C=CC=C2)cc1. The van der Waals surface area contributed by atoms with Crippen molar-refractivity contribution in [3.8, 4) is 0 Å². The van der Waals surface area contributed by atoms with Gasteiger partial charge in [-0.3, -0.25) is 0 Å². The first-order chi connectivity index (χ1) is 6.34. The van der Waals surface area contributed by atoms with Gasteiger partial charge in [0, 0.05) is 0 Å². The van der Waals surface area contributed by atoms with Crippen LogP contribution in [-0.2, 0) is 15.0 Å². The Kier molecular flexibility index (Phi) is 2.90. The second-order valence-corrected chi connectivity index (χ2v) is 4.85. The van der Waals surface area contributed by atoms with E-state index in [-0.39, 0.29) is 0 Å². The summed E-state index contributed by atoms with van der Waals surface area (Å²) in [6, 6.07) is 8.06. The van der Waals surface area contributed by atoms with Crippen LogP contribution in [0.5, 0.6) is 0 Å². The summed E-state index contributed by atoms with van der Waals surface area (Å²) in [6.07, 6.45) is 8.63. The predicted molar refractivity (Wildman–Crippen MR) is 53.1 cm³/mol. The molecule has 0 unspecified atom stereocenters. The van der Waals surface area contributed by atoms with E-state index < -0.39 is 0 Å². The first kappa shape index (κ1) is 9.08. The maximum absolute atomic E-state index is 5.80. The normalized spacial score (nSPS) is 15.8. The Bertz CT molecular complexity index is 326. The number of rotatable bonds is 2. The monoisotopic (exact) mass is 232 g/mol. The van der Waals surface area contributed by atoms with Gasteiger partial charge >= 0.3 is 89.4 Å². The molecule has 68 valence electrons. The molecule has 1 aromatic carbocycles. The van der Waals surface area contributed by atoms with E-state index >= 15 is 0 Å². The molecule has 0 fully saturated rings. The van der Waals surface area contributed by atoms with E-state index in [0.717, 1.165) is 20.0 Å². The summed E-state index contributed by atoms with van der Waals surface area (Å²) in [4.78, 5) is 0.571. The van der Waals surface area contributed by atoms with Crippen molar-refractivity contribution < 1.29 is 15.0 Å². The van der Waals surface area contributed by atoms with Gasteiger partial charge < -0.3 is 0 Å². The fraction of sp³-hybridized carbons (Fsp3) is 0.0909. The van der Waals surface area contributed by atoms with Gasteiger partial charge in [-0.1, -0.05) is 0 Å². The standard InChI is InChI=1S/C6H4Cl.C5H5.Fe/c7-6-4-2-1-3-5-6;1-2-4-5-3-1;/h2-5H;1-5H;. The average Bonchev–Trinajstić information content (AvgIpc) is 2.62. The molecule has 0 saturated heterocycles. The van der Waals surface area contributed by atoms with Crippen molar-refractivity contribution in [3.63, 3.8) is 0 Å². The van der Waals surface area contributed by atoms with Crippen molar-refractivity contribution in [1.82, 2.24) is 0 Å². The summed E-state index contributed by atoms with van der Waals surface area (Å²) < 4.78 is 1.34. The molecule has 0 spiro atoms. The Balaban J connectivity index is 2.05. The molecular weight excluding hydrogens is 223 g/mol. The Morgan fingerprint density at radius 1 is 1.00 bits per heavy atom. The van der Waals surface area contributed by atoms with E-state index in [1.807, 2.05) is 12.1 Å². The van der Waals surface area contributed by atoms with Crippen LogP contribution < -0.4 is 4.46 Å². The van der Waals surface area contributed by atoms with Crippen LogP contribution in [-0.4, -0.2) is 0 Å². The van der Waals surface area contributed by atoms with Crippen LogP contribution in [0.15, 0.2) is 48.6 Å². The van der Waals surface area contributed by atoms with Gasteiger partial charge in [0.15, 0.2) is 0 Å². The van der Waals surface area contributed by atoms with E-state index in [1.165, 1.54) is 4.46 Å². The number of hydrogen-bond donors (Lipinski definition) is 0. The fourth-order valence-electron chi connectivity index (χ4n) is 1.10. The van der Waals surface area contributed by atoms with E-state index in [4.69, 9.17) is 11.6 Å². The van der Waals surface area contributed by atoms with Crippen molar-refractivity contribution in [2.75, 3.05) is 0 Å². The molecule has 1 aliphatic carbocycles. The van der Waals surface area contributed by atoms with Crippen molar-refractivity contribution >= 4 is 16.1 Å². The summed E-state index contributed by atoms with van der Waals surface area (Å²) in [5.41, 5.74) is 0. The topological polar surface area (TPSA) is 0 Å². The van der Waals surface area contributed by atoms with E-state index in [9.17, 15) is 0 Å². The van der Waals surface area contributed by atoms with Gasteiger partial charge in [-0.15, -0.1) is 0 Å². The minimum atomic E-state index is 0.571. The third kappa shape index (κ3) is 2.47. The van der Waals surface area contributed by atoms with Gasteiger partial charge in [-0.25, -0.2) is 0 Å². The number of halogens is 1. The molecule has 0 aromatic heterocycles. The average molecular weight is 232 g/mol. The Hall–Kier alpha value is -0.491. The summed E-state index contributed by atoms with van der Waals surface area (Å²) >= 11 is 6.87. The van der Waals surface area contributed by atoms with Crippen LogP contribution in [0.2, 0.25) is 9.84 Å². The van der Waals surface area contributed by atoms with Crippen LogP contribution in [0, 0.1) is 0 Å². The van der Waals surface area contributed by atoms with Crippen molar-refractivity contribution in [3.05, 3.63) is 53.6 Å². The van der Waals surface area contributed by atoms with Crippen molar-refractivity contribution in [2.24, 2.45) is 0 Å².